The largest absolute Gasteiger partial charge is 0.497 e. The van der Waals surface area contributed by atoms with E-state index in [2.05, 4.69) is 9.88 Å². The van der Waals surface area contributed by atoms with Crippen molar-refractivity contribution in [2.24, 2.45) is 0 Å². The van der Waals surface area contributed by atoms with Crippen molar-refractivity contribution in [2.75, 3.05) is 39.8 Å². The predicted molar refractivity (Wildman–Crippen MR) is 104 cm³/mol. The van der Waals surface area contributed by atoms with Gasteiger partial charge in [-0.1, -0.05) is 12.1 Å². The van der Waals surface area contributed by atoms with Gasteiger partial charge in [-0.05, 0) is 37.6 Å². The lowest BCUT2D eigenvalue weighted by atomic mass is 10.1. The first-order valence-electron chi connectivity index (χ1n) is 9.28. The van der Waals surface area contributed by atoms with Crippen LogP contribution in [0.5, 0.6) is 5.75 Å². The van der Waals surface area contributed by atoms with Gasteiger partial charge in [0.2, 0.25) is 5.91 Å². The van der Waals surface area contributed by atoms with Crippen molar-refractivity contribution in [3.63, 3.8) is 0 Å². The van der Waals surface area contributed by atoms with E-state index < -0.39 is 0 Å². The second-order valence-electron chi connectivity index (χ2n) is 7.10. The molecule has 1 aliphatic rings. The van der Waals surface area contributed by atoms with E-state index in [9.17, 15) is 9.59 Å². The van der Waals surface area contributed by atoms with E-state index in [-0.39, 0.29) is 11.7 Å². The van der Waals surface area contributed by atoms with Crippen LogP contribution in [-0.4, -0.2) is 66.3 Å². The Bertz CT molecular complexity index is 803. The third kappa shape index (κ3) is 4.77. The number of methoxy groups -OCH3 is 1. The summed E-state index contributed by atoms with van der Waals surface area (Å²) in [5.41, 5.74) is 3.68. The normalized spacial score (nSPS) is 15.0. The highest BCUT2D eigenvalue weighted by atomic mass is 16.5. The third-order valence-electron chi connectivity index (χ3n) is 5.06. The summed E-state index contributed by atoms with van der Waals surface area (Å²) in [4.78, 5) is 32.2. The molecule has 3 rings (SSSR count). The molecule has 0 saturated carbocycles. The van der Waals surface area contributed by atoms with Gasteiger partial charge in [0.05, 0.1) is 20.1 Å². The number of benzene rings is 1. The Hall–Kier alpha value is -2.60. The van der Waals surface area contributed by atoms with Crippen LogP contribution < -0.4 is 4.74 Å². The van der Waals surface area contributed by atoms with Crippen molar-refractivity contribution in [1.82, 2.24) is 14.8 Å². The van der Waals surface area contributed by atoms with Gasteiger partial charge in [-0.3, -0.25) is 14.5 Å². The number of Topliss-reactive ketones (excluding diaryl/α,β-unsaturated/α-hetero) is 1. The Balaban J connectivity index is 1.48. The van der Waals surface area contributed by atoms with Crippen molar-refractivity contribution in [1.29, 1.82) is 0 Å². The number of hydrogen-bond donors (Lipinski definition) is 1. The third-order valence-corrected chi connectivity index (χ3v) is 5.06. The van der Waals surface area contributed by atoms with Gasteiger partial charge in [0, 0.05) is 43.1 Å². The zero-order valence-corrected chi connectivity index (χ0v) is 16.2. The molecular weight excluding hydrogens is 342 g/mol. The molecular formula is C21H27N3O3. The molecule has 1 N–H and O–H groups in total. The van der Waals surface area contributed by atoms with E-state index in [0.717, 1.165) is 41.4 Å². The molecule has 1 aromatic heterocycles. The lowest BCUT2D eigenvalue weighted by Gasteiger charge is -2.34. The van der Waals surface area contributed by atoms with Gasteiger partial charge >= 0.3 is 0 Å². The number of aromatic amines is 1. The fourth-order valence-electron chi connectivity index (χ4n) is 3.49. The van der Waals surface area contributed by atoms with Crippen molar-refractivity contribution in [2.45, 2.75) is 20.3 Å². The highest BCUT2D eigenvalue weighted by Gasteiger charge is 2.23. The van der Waals surface area contributed by atoms with Crippen LogP contribution >= 0.6 is 0 Å². The summed E-state index contributed by atoms with van der Waals surface area (Å²) in [6.07, 6.45) is 0.394. The maximum absolute atomic E-state index is 12.5. The summed E-state index contributed by atoms with van der Waals surface area (Å²) in [6.45, 7) is 7.05. The predicted octanol–water partition coefficient (Wildman–Crippen LogP) is 2.21. The quantitative estimate of drug-likeness (QED) is 0.793. The maximum Gasteiger partial charge on any atom is 0.227 e. The molecule has 1 aromatic carbocycles. The molecule has 0 radical (unpaired) electrons. The fraction of sp³-hybridized carbons (Fsp3) is 0.429. The van der Waals surface area contributed by atoms with Crippen molar-refractivity contribution in [3.8, 4) is 5.75 Å². The van der Waals surface area contributed by atoms with Crippen LogP contribution in [0.25, 0.3) is 0 Å². The van der Waals surface area contributed by atoms with Gasteiger partial charge < -0.3 is 14.6 Å². The fourth-order valence-corrected chi connectivity index (χ4v) is 3.49. The smallest absolute Gasteiger partial charge is 0.227 e. The molecule has 1 saturated heterocycles. The number of aryl methyl sites for hydroxylation is 2. The Morgan fingerprint density at radius 3 is 2.30 bits per heavy atom. The molecule has 1 amide bonds. The molecule has 2 heterocycles. The van der Waals surface area contributed by atoms with Crippen LogP contribution in [0.15, 0.2) is 30.3 Å². The van der Waals surface area contributed by atoms with Crippen LogP contribution in [0.3, 0.4) is 0 Å². The van der Waals surface area contributed by atoms with Gasteiger partial charge in [0.25, 0.3) is 0 Å². The van der Waals surface area contributed by atoms with E-state index in [4.69, 9.17) is 4.74 Å². The molecule has 0 aliphatic carbocycles. The average Bonchev–Trinajstić information content (AvgIpc) is 3.01. The zero-order valence-electron chi connectivity index (χ0n) is 16.2. The second-order valence-corrected chi connectivity index (χ2v) is 7.10. The number of amides is 1. The first kappa shape index (κ1) is 19.2. The van der Waals surface area contributed by atoms with E-state index in [1.54, 1.807) is 7.11 Å². The van der Waals surface area contributed by atoms with Crippen molar-refractivity contribution < 1.29 is 14.3 Å². The standard InChI is InChI=1S/C21H27N3O3/c1-15-12-19(16(2)22-15)20(25)14-23-8-10-24(11-9-23)21(26)13-17-4-6-18(27-3)7-5-17/h4-7,12,22H,8-11,13-14H2,1-3H3. The van der Waals surface area contributed by atoms with E-state index in [1.807, 2.05) is 49.1 Å². The summed E-state index contributed by atoms with van der Waals surface area (Å²) in [6, 6.07) is 9.50. The minimum Gasteiger partial charge on any atom is -0.497 e. The number of ketones is 1. The van der Waals surface area contributed by atoms with E-state index in [1.165, 1.54) is 0 Å². The lowest BCUT2D eigenvalue weighted by molar-refractivity contribution is -0.132. The maximum atomic E-state index is 12.5. The summed E-state index contributed by atoms with van der Waals surface area (Å²) < 4.78 is 5.14. The van der Waals surface area contributed by atoms with Crippen LogP contribution in [0.1, 0.15) is 27.3 Å². The van der Waals surface area contributed by atoms with Crippen LogP contribution in [0, 0.1) is 13.8 Å². The molecule has 0 unspecified atom stereocenters. The first-order chi connectivity index (χ1) is 13.0. The lowest BCUT2D eigenvalue weighted by Crippen LogP contribution is -2.50. The molecule has 6 nitrogen and oxygen atoms in total. The first-order valence-corrected chi connectivity index (χ1v) is 9.28. The topological polar surface area (TPSA) is 65.6 Å². The van der Waals surface area contributed by atoms with Gasteiger partial charge in [-0.15, -0.1) is 0 Å². The number of nitrogens with zero attached hydrogens (tertiary/aromatic N) is 2. The van der Waals surface area contributed by atoms with E-state index in [0.29, 0.717) is 26.1 Å². The van der Waals surface area contributed by atoms with Gasteiger partial charge in [0.1, 0.15) is 5.75 Å². The minimum atomic E-state index is 0.128. The Kier molecular flexibility index (Phi) is 5.96. The Labute approximate surface area is 160 Å². The molecule has 6 heteroatoms. The summed E-state index contributed by atoms with van der Waals surface area (Å²) in [5, 5.41) is 0. The van der Waals surface area contributed by atoms with Crippen LogP contribution in [-0.2, 0) is 11.2 Å². The SMILES string of the molecule is COc1ccc(CC(=O)N2CCN(CC(=O)c3cc(C)[nH]c3C)CC2)cc1. The van der Waals surface area contributed by atoms with Crippen molar-refractivity contribution in [3.05, 3.63) is 52.8 Å². The number of ether oxygens (including phenoxy) is 1. The monoisotopic (exact) mass is 369 g/mol. The molecule has 27 heavy (non-hydrogen) atoms. The molecule has 1 aliphatic heterocycles. The van der Waals surface area contributed by atoms with Crippen molar-refractivity contribution >= 4 is 11.7 Å². The second kappa shape index (κ2) is 8.39. The number of hydrogen-bond acceptors (Lipinski definition) is 4. The van der Waals surface area contributed by atoms with E-state index >= 15 is 0 Å². The molecule has 0 bridgehead atoms. The summed E-state index contributed by atoms with van der Waals surface area (Å²) in [5.74, 6) is 1.05. The number of H-pyrrole nitrogens is 1. The molecule has 0 atom stereocenters. The summed E-state index contributed by atoms with van der Waals surface area (Å²) in [7, 11) is 1.63. The Morgan fingerprint density at radius 1 is 1.07 bits per heavy atom. The molecule has 0 spiro atoms. The van der Waals surface area contributed by atoms with Crippen LogP contribution in [0.2, 0.25) is 0 Å². The molecule has 2 aromatic rings. The number of nitrogens with one attached hydrogen (secondary N) is 1. The number of piperazine rings is 1. The molecule has 144 valence electrons. The number of carbonyl (C=O) groups is 2. The summed E-state index contributed by atoms with van der Waals surface area (Å²) >= 11 is 0. The highest BCUT2D eigenvalue weighted by molar-refractivity contribution is 5.98. The Morgan fingerprint density at radius 2 is 1.74 bits per heavy atom. The molecule has 1 fully saturated rings. The number of aromatic nitrogens is 1. The van der Waals surface area contributed by atoms with Gasteiger partial charge in [-0.2, -0.15) is 0 Å². The highest BCUT2D eigenvalue weighted by Crippen LogP contribution is 2.14. The van der Waals surface area contributed by atoms with Crippen LogP contribution in [0.4, 0.5) is 0 Å². The minimum absolute atomic E-state index is 0.128. The average molecular weight is 369 g/mol. The number of carbonyl (C=O) groups excluding carboxylic acids is 2. The van der Waals surface area contributed by atoms with Gasteiger partial charge in [-0.25, -0.2) is 0 Å². The van der Waals surface area contributed by atoms with Gasteiger partial charge in [0.15, 0.2) is 5.78 Å². The number of rotatable bonds is 6. The zero-order chi connectivity index (χ0) is 19.4.